The molecule has 4 aromatic rings. The first-order chi connectivity index (χ1) is 14.7. The highest BCUT2D eigenvalue weighted by Crippen LogP contribution is 2.49. The van der Waals surface area contributed by atoms with Crippen LogP contribution in [0.25, 0.3) is 39.5 Å². The third-order valence-corrected chi connectivity index (χ3v) is 5.87. The van der Waals surface area contributed by atoms with Gasteiger partial charge in [0.05, 0.1) is 11.9 Å². The lowest BCUT2D eigenvalue weighted by Crippen LogP contribution is -1.95. The monoisotopic (exact) mass is 426 g/mol. The molecule has 2 nitrogen and oxygen atoms in total. The summed E-state index contributed by atoms with van der Waals surface area (Å²) in [4.78, 5) is 0. The summed E-state index contributed by atoms with van der Waals surface area (Å²) in [5.74, 6) is 0. The highest BCUT2D eigenvalue weighted by molar-refractivity contribution is 6.35. The zero-order chi connectivity index (χ0) is 20.5. The lowest BCUT2D eigenvalue weighted by atomic mass is 9.85. The van der Waals surface area contributed by atoms with E-state index in [9.17, 15) is 0 Å². The van der Waals surface area contributed by atoms with Crippen molar-refractivity contribution < 1.29 is 0 Å². The third-order valence-electron chi connectivity index (χ3n) is 5.21. The molecule has 5 rings (SSSR count). The van der Waals surface area contributed by atoms with Gasteiger partial charge in [-0.2, -0.15) is 10.2 Å². The summed E-state index contributed by atoms with van der Waals surface area (Å²) < 4.78 is 0. The number of hydrogen-bond acceptors (Lipinski definition) is 2. The predicted octanol–water partition coefficient (Wildman–Crippen LogP) is 9.06. The van der Waals surface area contributed by atoms with Crippen LogP contribution in [0.2, 0.25) is 10.0 Å². The van der Waals surface area contributed by atoms with Crippen molar-refractivity contribution in [3.05, 3.63) is 107 Å². The van der Waals surface area contributed by atoms with E-state index < -0.39 is 0 Å². The van der Waals surface area contributed by atoms with Crippen LogP contribution < -0.4 is 0 Å². The van der Waals surface area contributed by atoms with E-state index in [0.717, 1.165) is 44.6 Å². The Hall–Kier alpha value is -3.20. The Morgan fingerprint density at radius 2 is 1.17 bits per heavy atom. The lowest BCUT2D eigenvalue weighted by Gasteiger charge is -2.21. The molecule has 1 aliphatic rings. The summed E-state index contributed by atoms with van der Waals surface area (Å²) in [5, 5.41) is 10.1. The van der Waals surface area contributed by atoms with Crippen molar-refractivity contribution >= 4 is 35.0 Å². The quantitative estimate of drug-likeness (QED) is 0.305. The van der Waals surface area contributed by atoms with E-state index in [0.29, 0.717) is 10.0 Å². The molecule has 144 valence electrons. The molecule has 0 aliphatic carbocycles. The van der Waals surface area contributed by atoms with Crippen LogP contribution >= 0.6 is 23.2 Å². The highest BCUT2D eigenvalue weighted by Gasteiger charge is 2.22. The fourth-order valence-corrected chi connectivity index (χ4v) is 4.34. The standard InChI is InChI=1S/C26H16Cl2N2/c27-22-11-5-3-9-19(22)20-13-14-24-26(25(20)21-10-4-6-12-23(21)28)18-8-2-1-7-17(18)15-16-29-30-24/h1-16H/b16-15-,17-15?,26-18?,29-16?,30-24?,30-29?. The average Bonchev–Trinajstić information content (AvgIpc) is 2.76. The Labute approximate surface area is 185 Å². The Bertz CT molecular complexity index is 1320. The molecule has 1 heterocycles. The van der Waals surface area contributed by atoms with Gasteiger partial charge >= 0.3 is 0 Å². The van der Waals surface area contributed by atoms with Crippen molar-refractivity contribution in [3.63, 3.8) is 0 Å². The van der Waals surface area contributed by atoms with Crippen LogP contribution in [-0.4, -0.2) is 0 Å². The molecule has 4 aromatic carbocycles. The van der Waals surface area contributed by atoms with Crippen LogP contribution in [0.5, 0.6) is 0 Å². The Kier molecular flexibility index (Phi) is 4.96. The summed E-state index contributed by atoms with van der Waals surface area (Å²) in [7, 11) is 0. The minimum absolute atomic E-state index is 0.672. The van der Waals surface area contributed by atoms with Crippen LogP contribution in [0.4, 0.5) is 5.69 Å². The van der Waals surface area contributed by atoms with Gasteiger partial charge < -0.3 is 0 Å². The van der Waals surface area contributed by atoms with Gasteiger partial charge in [0.15, 0.2) is 0 Å². The maximum Gasteiger partial charge on any atom is 0.0942 e. The number of azo groups is 1. The van der Waals surface area contributed by atoms with Gasteiger partial charge in [-0.25, -0.2) is 0 Å². The number of fused-ring (bicyclic) bond motifs is 3. The molecule has 0 fully saturated rings. The van der Waals surface area contributed by atoms with Crippen molar-refractivity contribution in [2.75, 3.05) is 0 Å². The summed E-state index contributed by atoms with van der Waals surface area (Å²) in [6.45, 7) is 0. The number of hydrogen-bond donors (Lipinski definition) is 0. The van der Waals surface area contributed by atoms with Gasteiger partial charge in [0.1, 0.15) is 0 Å². The lowest BCUT2D eigenvalue weighted by molar-refractivity contribution is 1.23. The molecule has 0 saturated carbocycles. The minimum Gasteiger partial charge on any atom is -0.159 e. The molecule has 0 amide bonds. The number of halogens is 2. The molecule has 0 aromatic heterocycles. The van der Waals surface area contributed by atoms with Gasteiger partial charge in [-0.3, -0.25) is 0 Å². The van der Waals surface area contributed by atoms with Crippen molar-refractivity contribution in [3.8, 4) is 33.4 Å². The van der Waals surface area contributed by atoms with Crippen molar-refractivity contribution in [1.29, 1.82) is 0 Å². The normalized spacial score (nSPS) is 13.1. The molecule has 0 bridgehead atoms. The average molecular weight is 427 g/mol. The van der Waals surface area contributed by atoms with Gasteiger partial charge in [0.25, 0.3) is 0 Å². The summed E-state index contributed by atoms with van der Waals surface area (Å²) in [6, 6.07) is 28.0. The first-order valence-corrected chi connectivity index (χ1v) is 10.3. The van der Waals surface area contributed by atoms with E-state index in [-0.39, 0.29) is 0 Å². The minimum atomic E-state index is 0.672. The van der Waals surface area contributed by atoms with E-state index >= 15 is 0 Å². The number of benzene rings is 4. The molecule has 30 heavy (non-hydrogen) atoms. The molecule has 0 atom stereocenters. The Morgan fingerprint density at radius 1 is 0.533 bits per heavy atom. The van der Waals surface area contributed by atoms with E-state index in [1.54, 1.807) is 6.20 Å². The van der Waals surface area contributed by atoms with E-state index in [1.807, 2.05) is 78.9 Å². The zero-order valence-corrected chi connectivity index (χ0v) is 17.4. The van der Waals surface area contributed by atoms with E-state index in [1.165, 1.54) is 0 Å². The van der Waals surface area contributed by atoms with Crippen LogP contribution in [0, 0.1) is 0 Å². The molecule has 1 aliphatic heterocycles. The second-order valence-corrected chi connectivity index (χ2v) is 7.77. The van der Waals surface area contributed by atoms with Gasteiger partial charge in [0, 0.05) is 32.3 Å². The predicted molar refractivity (Wildman–Crippen MR) is 126 cm³/mol. The van der Waals surface area contributed by atoms with Crippen molar-refractivity contribution in [2.45, 2.75) is 0 Å². The SMILES string of the molecule is Clc1ccccc1-c1ccc2c(c1-c1ccccc1Cl)-c1ccccc1/C=C\N=N2. The van der Waals surface area contributed by atoms with Gasteiger partial charge in [0.2, 0.25) is 0 Å². The largest absolute Gasteiger partial charge is 0.159 e. The maximum atomic E-state index is 6.70. The molecule has 0 saturated heterocycles. The van der Waals surface area contributed by atoms with Crippen molar-refractivity contribution in [1.82, 2.24) is 0 Å². The second-order valence-electron chi connectivity index (χ2n) is 6.96. The highest BCUT2D eigenvalue weighted by atomic mass is 35.5. The molecule has 0 spiro atoms. The summed E-state index contributed by atoms with van der Waals surface area (Å²) in [5.41, 5.74) is 7.80. The van der Waals surface area contributed by atoms with E-state index in [2.05, 4.69) is 22.4 Å². The van der Waals surface area contributed by atoms with Gasteiger partial charge in [-0.1, -0.05) is 89.9 Å². The smallest absolute Gasteiger partial charge is 0.0942 e. The van der Waals surface area contributed by atoms with Gasteiger partial charge in [-0.15, -0.1) is 0 Å². The first kappa shape index (κ1) is 18.8. The fourth-order valence-electron chi connectivity index (χ4n) is 3.87. The summed E-state index contributed by atoms with van der Waals surface area (Å²) in [6.07, 6.45) is 3.69. The van der Waals surface area contributed by atoms with E-state index in [4.69, 9.17) is 23.2 Å². The molecule has 0 unspecified atom stereocenters. The first-order valence-electron chi connectivity index (χ1n) is 9.57. The maximum absolute atomic E-state index is 6.70. The molecule has 4 heteroatoms. The molecule has 0 radical (unpaired) electrons. The van der Waals surface area contributed by atoms with Crippen LogP contribution in [-0.2, 0) is 0 Å². The Balaban J connectivity index is 1.96. The second kappa shape index (κ2) is 7.91. The van der Waals surface area contributed by atoms with Crippen LogP contribution in [0.3, 0.4) is 0 Å². The van der Waals surface area contributed by atoms with Gasteiger partial charge in [-0.05, 0) is 41.0 Å². The number of nitrogens with zero attached hydrogens (tertiary/aromatic N) is 2. The van der Waals surface area contributed by atoms with Crippen LogP contribution in [0.1, 0.15) is 5.56 Å². The van der Waals surface area contributed by atoms with Crippen LogP contribution in [0.15, 0.2) is 101 Å². The van der Waals surface area contributed by atoms with Crippen molar-refractivity contribution in [2.24, 2.45) is 10.2 Å². The molecule has 0 N–H and O–H groups in total. The summed E-state index contributed by atoms with van der Waals surface area (Å²) >= 11 is 13.3. The number of rotatable bonds is 2. The molecular weight excluding hydrogens is 411 g/mol. The molecular formula is C26H16Cl2N2. The topological polar surface area (TPSA) is 24.7 Å². The zero-order valence-electron chi connectivity index (χ0n) is 15.9. The third kappa shape index (κ3) is 3.24. The Morgan fingerprint density at radius 3 is 1.90 bits per heavy atom. The fraction of sp³-hybridized carbons (Fsp3) is 0.